The van der Waals surface area contributed by atoms with Gasteiger partial charge >= 0.3 is 0 Å². The second kappa shape index (κ2) is 8.24. The summed E-state index contributed by atoms with van der Waals surface area (Å²) in [6.07, 6.45) is 0.132. The van der Waals surface area contributed by atoms with Gasteiger partial charge in [0.1, 0.15) is 0 Å². The van der Waals surface area contributed by atoms with E-state index in [1.165, 1.54) is 20.2 Å². The maximum Gasteiger partial charge on any atom is 0.242 e. The van der Waals surface area contributed by atoms with Crippen LogP contribution in [-0.2, 0) is 21.4 Å². The van der Waals surface area contributed by atoms with Crippen LogP contribution in [0.15, 0.2) is 59.5 Å². The zero-order valence-corrected chi connectivity index (χ0v) is 15.2. The molecule has 6 nitrogen and oxygen atoms in total. The SMILES string of the molecule is CN(C)S(=O)(=O)c1ccccc1CNC(=O)CC(N)c1ccccc1. The van der Waals surface area contributed by atoms with Gasteiger partial charge in [-0.3, -0.25) is 4.79 Å². The summed E-state index contributed by atoms with van der Waals surface area (Å²) >= 11 is 0. The molecule has 0 aromatic heterocycles. The largest absolute Gasteiger partial charge is 0.352 e. The van der Waals surface area contributed by atoms with Gasteiger partial charge in [-0.05, 0) is 17.2 Å². The van der Waals surface area contributed by atoms with E-state index in [-0.39, 0.29) is 23.8 Å². The number of benzene rings is 2. The number of carbonyl (C=O) groups is 1. The van der Waals surface area contributed by atoms with E-state index in [4.69, 9.17) is 5.73 Å². The van der Waals surface area contributed by atoms with Crippen LogP contribution in [0.5, 0.6) is 0 Å². The van der Waals surface area contributed by atoms with Crippen LogP contribution >= 0.6 is 0 Å². The van der Waals surface area contributed by atoms with Crippen LogP contribution < -0.4 is 11.1 Å². The predicted octanol–water partition coefficient (Wildman–Crippen LogP) is 1.64. The molecule has 25 heavy (non-hydrogen) atoms. The number of hydrogen-bond donors (Lipinski definition) is 2. The fraction of sp³-hybridized carbons (Fsp3) is 0.278. The highest BCUT2D eigenvalue weighted by Gasteiger charge is 2.21. The van der Waals surface area contributed by atoms with Crippen molar-refractivity contribution in [3.63, 3.8) is 0 Å². The first-order valence-corrected chi connectivity index (χ1v) is 9.34. The molecule has 0 aliphatic rings. The van der Waals surface area contributed by atoms with Gasteiger partial charge in [-0.25, -0.2) is 12.7 Å². The molecule has 2 rings (SSSR count). The summed E-state index contributed by atoms with van der Waals surface area (Å²) in [5, 5.41) is 2.75. The zero-order chi connectivity index (χ0) is 18.4. The van der Waals surface area contributed by atoms with Crippen LogP contribution in [0.2, 0.25) is 0 Å². The second-order valence-corrected chi connectivity index (χ2v) is 8.01. The number of nitrogens with two attached hydrogens (primary N) is 1. The molecule has 0 aliphatic carbocycles. The summed E-state index contributed by atoms with van der Waals surface area (Å²) in [5.74, 6) is -0.228. The highest BCUT2D eigenvalue weighted by molar-refractivity contribution is 7.89. The Labute approximate surface area is 148 Å². The lowest BCUT2D eigenvalue weighted by Gasteiger charge is -2.16. The molecular formula is C18H23N3O3S. The molecule has 0 heterocycles. The third kappa shape index (κ3) is 4.88. The molecular weight excluding hydrogens is 338 g/mol. The minimum Gasteiger partial charge on any atom is -0.352 e. The number of sulfonamides is 1. The summed E-state index contributed by atoms with van der Waals surface area (Å²) in [5.41, 5.74) is 7.46. The average Bonchev–Trinajstić information content (AvgIpc) is 2.60. The second-order valence-electron chi connectivity index (χ2n) is 5.89. The Morgan fingerprint density at radius 3 is 2.32 bits per heavy atom. The van der Waals surface area contributed by atoms with E-state index in [0.717, 1.165) is 9.87 Å². The molecule has 1 unspecified atom stereocenters. The van der Waals surface area contributed by atoms with Gasteiger partial charge in [0.15, 0.2) is 0 Å². The molecule has 3 N–H and O–H groups in total. The number of hydrogen-bond acceptors (Lipinski definition) is 4. The third-order valence-electron chi connectivity index (χ3n) is 3.84. The molecule has 0 aliphatic heterocycles. The third-order valence-corrected chi connectivity index (χ3v) is 5.76. The van der Waals surface area contributed by atoms with Crippen molar-refractivity contribution in [3.8, 4) is 0 Å². The molecule has 0 spiro atoms. The van der Waals surface area contributed by atoms with Crippen LogP contribution in [0.25, 0.3) is 0 Å². The van der Waals surface area contributed by atoms with Gasteiger partial charge in [0, 0.05) is 33.1 Å². The lowest BCUT2D eigenvalue weighted by molar-refractivity contribution is -0.121. The van der Waals surface area contributed by atoms with Gasteiger partial charge in [0.2, 0.25) is 15.9 Å². The molecule has 7 heteroatoms. The first-order valence-electron chi connectivity index (χ1n) is 7.90. The maximum absolute atomic E-state index is 12.4. The first-order chi connectivity index (χ1) is 11.8. The van der Waals surface area contributed by atoms with Crippen molar-refractivity contribution >= 4 is 15.9 Å². The fourth-order valence-electron chi connectivity index (χ4n) is 2.38. The molecule has 0 saturated heterocycles. The Kier molecular flexibility index (Phi) is 6.30. The van der Waals surface area contributed by atoms with Gasteiger partial charge in [0.25, 0.3) is 0 Å². The van der Waals surface area contributed by atoms with Crippen molar-refractivity contribution in [2.75, 3.05) is 14.1 Å². The average molecular weight is 361 g/mol. The van der Waals surface area contributed by atoms with E-state index in [1.807, 2.05) is 30.3 Å². The molecule has 2 aromatic carbocycles. The van der Waals surface area contributed by atoms with Crippen molar-refractivity contribution in [2.24, 2.45) is 5.73 Å². The van der Waals surface area contributed by atoms with E-state index in [0.29, 0.717) is 5.56 Å². The Bertz CT molecular complexity index is 820. The quantitative estimate of drug-likeness (QED) is 0.784. The summed E-state index contributed by atoms with van der Waals surface area (Å²) in [4.78, 5) is 12.3. The monoisotopic (exact) mass is 361 g/mol. The smallest absolute Gasteiger partial charge is 0.242 e. The van der Waals surface area contributed by atoms with Crippen molar-refractivity contribution in [2.45, 2.75) is 23.9 Å². The van der Waals surface area contributed by atoms with Gasteiger partial charge in [-0.2, -0.15) is 0 Å². The first kappa shape index (κ1) is 19.1. The lowest BCUT2D eigenvalue weighted by Crippen LogP contribution is -2.29. The highest BCUT2D eigenvalue weighted by Crippen LogP contribution is 2.18. The Morgan fingerprint density at radius 2 is 1.68 bits per heavy atom. The molecule has 0 fully saturated rings. The Morgan fingerprint density at radius 1 is 1.08 bits per heavy atom. The van der Waals surface area contributed by atoms with Crippen LogP contribution in [0.4, 0.5) is 0 Å². The van der Waals surface area contributed by atoms with Crippen LogP contribution in [-0.4, -0.2) is 32.7 Å². The van der Waals surface area contributed by atoms with Gasteiger partial charge in [-0.1, -0.05) is 48.5 Å². The van der Waals surface area contributed by atoms with Crippen molar-refractivity contribution in [1.29, 1.82) is 0 Å². The van der Waals surface area contributed by atoms with Crippen molar-refractivity contribution in [1.82, 2.24) is 9.62 Å². The van der Waals surface area contributed by atoms with Gasteiger partial charge in [0.05, 0.1) is 4.90 Å². The van der Waals surface area contributed by atoms with Crippen molar-refractivity contribution < 1.29 is 13.2 Å². The number of nitrogens with zero attached hydrogens (tertiary/aromatic N) is 1. The van der Waals surface area contributed by atoms with Gasteiger partial charge in [-0.15, -0.1) is 0 Å². The van der Waals surface area contributed by atoms with Crippen molar-refractivity contribution in [3.05, 3.63) is 65.7 Å². The predicted molar refractivity (Wildman–Crippen MR) is 97.1 cm³/mol. The summed E-state index contributed by atoms with van der Waals surface area (Å²) in [6, 6.07) is 15.6. The standard InChI is InChI=1S/C18H23N3O3S/c1-21(2)25(23,24)17-11-7-6-10-15(17)13-20-18(22)12-16(19)14-8-4-3-5-9-14/h3-11,16H,12-13,19H2,1-2H3,(H,20,22). The van der Waals surface area contributed by atoms with E-state index in [2.05, 4.69) is 5.32 Å². The van der Waals surface area contributed by atoms with Gasteiger partial charge < -0.3 is 11.1 Å². The lowest BCUT2D eigenvalue weighted by atomic mass is 10.0. The van der Waals surface area contributed by atoms with E-state index >= 15 is 0 Å². The molecule has 2 aromatic rings. The molecule has 0 saturated carbocycles. The Balaban J connectivity index is 2.03. The Hall–Kier alpha value is -2.22. The molecule has 0 radical (unpaired) electrons. The summed E-state index contributed by atoms with van der Waals surface area (Å²) in [7, 11) is -0.613. The minimum atomic E-state index is -3.56. The number of carbonyl (C=O) groups excluding carboxylic acids is 1. The molecule has 0 bridgehead atoms. The molecule has 1 amide bonds. The molecule has 134 valence electrons. The minimum absolute atomic E-state index is 0.129. The molecule has 1 atom stereocenters. The zero-order valence-electron chi connectivity index (χ0n) is 14.3. The normalized spacial score (nSPS) is 12.8. The van der Waals surface area contributed by atoms with E-state index in [1.54, 1.807) is 18.2 Å². The van der Waals surface area contributed by atoms with Crippen LogP contribution in [0.1, 0.15) is 23.6 Å². The number of nitrogens with one attached hydrogen (secondary N) is 1. The van der Waals surface area contributed by atoms with E-state index < -0.39 is 16.1 Å². The number of amides is 1. The summed E-state index contributed by atoms with van der Waals surface area (Å²) < 4.78 is 25.9. The fourth-order valence-corrected chi connectivity index (χ4v) is 3.50. The summed E-state index contributed by atoms with van der Waals surface area (Å²) in [6.45, 7) is 0.129. The van der Waals surface area contributed by atoms with Crippen LogP contribution in [0, 0.1) is 0 Å². The topological polar surface area (TPSA) is 92.5 Å². The maximum atomic E-state index is 12.4. The number of rotatable bonds is 7. The highest BCUT2D eigenvalue weighted by atomic mass is 32.2. The van der Waals surface area contributed by atoms with Crippen LogP contribution in [0.3, 0.4) is 0 Å². The van der Waals surface area contributed by atoms with E-state index in [9.17, 15) is 13.2 Å².